The van der Waals surface area contributed by atoms with Gasteiger partial charge in [-0.05, 0) is 29.8 Å². The number of nitrogens with zero attached hydrogens (tertiary/aromatic N) is 2. The van der Waals surface area contributed by atoms with E-state index in [1.807, 2.05) is 6.07 Å². The SMILES string of the molecule is COc1ccc(C2CC(=O)Nc3c2ncn3-c2cc(F)ccc2F)cc1OC. The van der Waals surface area contributed by atoms with E-state index in [0.29, 0.717) is 23.0 Å². The third kappa shape index (κ3) is 2.96. The van der Waals surface area contributed by atoms with Crippen LogP contribution in [0.25, 0.3) is 5.69 Å². The number of halogens is 2. The molecule has 1 aliphatic rings. The van der Waals surface area contributed by atoms with Crippen LogP contribution in [0.1, 0.15) is 23.6 Å². The second-order valence-electron chi connectivity index (χ2n) is 6.36. The molecule has 0 spiro atoms. The quantitative estimate of drug-likeness (QED) is 0.745. The first-order chi connectivity index (χ1) is 13.5. The Labute approximate surface area is 159 Å². The zero-order valence-electron chi connectivity index (χ0n) is 15.2. The number of rotatable bonds is 4. The van der Waals surface area contributed by atoms with Gasteiger partial charge in [0, 0.05) is 18.4 Å². The van der Waals surface area contributed by atoms with Crippen molar-refractivity contribution < 1.29 is 23.0 Å². The van der Waals surface area contributed by atoms with Gasteiger partial charge in [-0.1, -0.05) is 6.07 Å². The summed E-state index contributed by atoms with van der Waals surface area (Å²) in [5, 5.41) is 2.72. The Morgan fingerprint density at radius 2 is 1.89 bits per heavy atom. The number of methoxy groups -OCH3 is 2. The summed E-state index contributed by atoms with van der Waals surface area (Å²) in [6.45, 7) is 0. The van der Waals surface area contributed by atoms with Gasteiger partial charge in [-0.25, -0.2) is 13.8 Å². The van der Waals surface area contributed by atoms with E-state index >= 15 is 0 Å². The fraction of sp³-hybridized carbons (Fsp3) is 0.200. The minimum atomic E-state index is -0.621. The van der Waals surface area contributed by atoms with Crippen LogP contribution in [-0.2, 0) is 4.79 Å². The lowest BCUT2D eigenvalue weighted by molar-refractivity contribution is -0.116. The van der Waals surface area contributed by atoms with Gasteiger partial charge in [-0.15, -0.1) is 0 Å². The third-order valence-corrected chi connectivity index (χ3v) is 4.75. The summed E-state index contributed by atoms with van der Waals surface area (Å²) in [6, 6.07) is 8.50. The number of carbonyl (C=O) groups is 1. The number of hydrogen-bond donors (Lipinski definition) is 1. The fourth-order valence-electron chi connectivity index (χ4n) is 3.41. The molecule has 144 valence electrons. The lowest BCUT2D eigenvalue weighted by Gasteiger charge is -2.24. The summed E-state index contributed by atoms with van der Waals surface area (Å²) < 4.78 is 39.8. The number of benzene rings is 2. The Hall–Kier alpha value is -3.42. The van der Waals surface area contributed by atoms with E-state index in [1.54, 1.807) is 19.2 Å². The van der Waals surface area contributed by atoms with E-state index in [1.165, 1.54) is 18.0 Å². The van der Waals surface area contributed by atoms with Crippen LogP contribution in [0, 0.1) is 11.6 Å². The number of hydrogen-bond acceptors (Lipinski definition) is 4. The van der Waals surface area contributed by atoms with Crippen molar-refractivity contribution in [1.29, 1.82) is 0 Å². The molecular weight excluding hydrogens is 368 g/mol. The number of imidazole rings is 1. The Bertz CT molecular complexity index is 1060. The molecule has 2 heterocycles. The van der Waals surface area contributed by atoms with Gasteiger partial charge in [-0.2, -0.15) is 0 Å². The van der Waals surface area contributed by atoms with Crippen LogP contribution in [0.5, 0.6) is 11.5 Å². The molecule has 8 heteroatoms. The zero-order chi connectivity index (χ0) is 19.8. The van der Waals surface area contributed by atoms with Crippen LogP contribution in [0.4, 0.5) is 14.6 Å². The maximum Gasteiger partial charge on any atom is 0.226 e. The second kappa shape index (κ2) is 6.95. The summed E-state index contributed by atoms with van der Waals surface area (Å²) in [5.41, 5.74) is 1.34. The molecule has 28 heavy (non-hydrogen) atoms. The van der Waals surface area contributed by atoms with Crippen LogP contribution < -0.4 is 14.8 Å². The van der Waals surface area contributed by atoms with Crippen molar-refractivity contribution in [2.75, 3.05) is 19.5 Å². The molecule has 4 rings (SSSR count). The van der Waals surface area contributed by atoms with Crippen molar-refractivity contribution in [2.24, 2.45) is 0 Å². The first kappa shape index (κ1) is 18.0. The smallest absolute Gasteiger partial charge is 0.226 e. The van der Waals surface area contributed by atoms with Gasteiger partial charge in [-0.3, -0.25) is 9.36 Å². The van der Waals surface area contributed by atoms with Crippen LogP contribution in [0.3, 0.4) is 0 Å². The number of aromatic nitrogens is 2. The standard InChI is InChI=1S/C20H17F2N3O3/c1-27-16-6-3-11(7-17(16)28-2)13-9-18(26)24-20-19(13)23-10-25(20)15-8-12(21)4-5-14(15)22/h3-8,10,13H,9H2,1-2H3,(H,24,26). The number of ether oxygens (including phenoxy) is 2. The highest BCUT2D eigenvalue weighted by Gasteiger charge is 2.32. The van der Waals surface area contributed by atoms with Crippen molar-refractivity contribution in [2.45, 2.75) is 12.3 Å². The van der Waals surface area contributed by atoms with E-state index in [4.69, 9.17) is 9.47 Å². The third-order valence-electron chi connectivity index (χ3n) is 4.75. The minimum absolute atomic E-state index is 0.0259. The average Bonchev–Trinajstić information content (AvgIpc) is 3.12. The van der Waals surface area contributed by atoms with Crippen molar-refractivity contribution >= 4 is 11.7 Å². The molecule has 0 saturated carbocycles. The van der Waals surface area contributed by atoms with Gasteiger partial charge in [0.05, 0.1) is 25.6 Å². The topological polar surface area (TPSA) is 65.4 Å². The summed E-state index contributed by atoms with van der Waals surface area (Å²) in [5.74, 6) is -0.392. The van der Waals surface area contributed by atoms with E-state index in [2.05, 4.69) is 10.3 Å². The number of anilines is 1. The maximum absolute atomic E-state index is 14.2. The van der Waals surface area contributed by atoms with Crippen LogP contribution >= 0.6 is 0 Å². The van der Waals surface area contributed by atoms with Gasteiger partial charge >= 0.3 is 0 Å². The number of fused-ring (bicyclic) bond motifs is 1. The number of nitrogens with one attached hydrogen (secondary N) is 1. The molecule has 0 radical (unpaired) electrons. The molecule has 1 N–H and O–H groups in total. The van der Waals surface area contributed by atoms with Gasteiger partial charge in [0.2, 0.25) is 5.91 Å². The molecular formula is C20H17F2N3O3. The van der Waals surface area contributed by atoms with Gasteiger partial charge in [0.1, 0.15) is 23.8 Å². The first-order valence-corrected chi connectivity index (χ1v) is 8.56. The van der Waals surface area contributed by atoms with Gasteiger partial charge in [0.15, 0.2) is 11.5 Å². The zero-order valence-corrected chi connectivity index (χ0v) is 15.2. The van der Waals surface area contributed by atoms with E-state index in [0.717, 1.165) is 23.8 Å². The average molecular weight is 385 g/mol. The highest BCUT2D eigenvalue weighted by Crippen LogP contribution is 2.40. The molecule has 1 amide bonds. The summed E-state index contributed by atoms with van der Waals surface area (Å²) in [4.78, 5) is 16.7. The van der Waals surface area contributed by atoms with Crippen LogP contribution in [-0.4, -0.2) is 29.7 Å². The number of amides is 1. The van der Waals surface area contributed by atoms with Crippen LogP contribution in [0.2, 0.25) is 0 Å². The lowest BCUT2D eigenvalue weighted by atomic mass is 9.89. The fourth-order valence-corrected chi connectivity index (χ4v) is 3.41. The molecule has 6 nitrogen and oxygen atoms in total. The van der Waals surface area contributed by atoms with E-state index in [-0.39, 0.29) is 23.9 Å². The Morgan fingerprint density at radius 3 is 2.64 bits per heavy atom. The Morgan fingerprint density at radius 1 is 1.11 bits per heavy atom. The molecule has 0 aliphatic carbocycles. The minimum Gasteiger partial charge on any atom is -0.493 e. The number of carbonyl (C=O) groups excluding carboxylic acids is 1. The van der Waals surface area contributed by atoms with Crippen molar-refractivity contribution in [3.05, 3.63) is 65.6 Å². The van der Waals surface area contributed by atoms with Gasteiger partial charge < -0.3 is 14.8 Å². The Balaban J connectivity index is 1.82. The predicted octanol–water partition coefficient (Wildman–Crippen LogP) is 3.64. The monoisotopic (exact) mass is 385 g/mol. The molecule has 3 aromatic rings. The first-order valence-electron chi connectivity index (χ1n) is 8.56. The summed E-state index contributed by atoms with van der Waals surface area (Å²) >= 11 is 0. The second-order valence-corrected chi connectivity index (χ2v) is 6.36. The summed E-state index contributed by atoms with van der Waals surface area (Å²) in [6.07, 6.45) is 1.55. The summed E-state index contributed by atoms with van der Waals surface area (Å²) in [7, 11) is 3.07. The molecule has 1 aromatic heterocycles. The molecule has 1 atom stereocenters. The predicted molar refractivity (Wildman–Crippen MR) is 98.1 cm³/mol. The molecule has 2 aromatic carbocycles. The molecule has 0 saturated heterocycles. The molecule has 1 aliphatic heterocycles. The Kier molecular flexibility index (Phi) is 4.46. The van der Waals surface area contributed by atoms with E-state index < -0.39 is 11.6 Å². The molecule has 1 unspecified atom stereocenters. The van der Waals surface area contributed by atoms with Crippen LogP contribution in [0.15, 0.2) is 42.7 Å². The lowest BCUT2D eigenvalue weighted by Crippen LogP contribution is -2.25. The van der Waals surface area contributed by atoms with Gasteiger partial charge in [0.25, 0.3) is 0 Å². The molecule has 0 fully saturated rings. The van der Waals surface area contributed by atoms with Crippen molar-refractivity contribution in [3.8, 4) is 17.2 Å². The van der Waals surface area contributed by atoms with Crippen molar-refractivity contribution in [1.82, 2.24) is 9.55 Å². The highest BCUT2D eigenvalue weighted by molar-refractivity contribution is 5.94. The van der Waals surface area contributed by atoms with E-state index in [9.17, 15) is 13.6 Å². The molecule has 0 bridgehead atoms. The largest absolute Gasteiger partial charge is 0.493 e. The maximum atomic E-state index is 14.2. The van der Waals surface area contributed by atoms with Crippen molar-refractivity contribution in [3.63, 3.8) is 0 Å². The highest BCUT2D eigenvalue weighted by atomic mass is 19.1. The normalized spacial score (nSPS) is 15.7.